The summed E-state index contributed by atoms with van der Waals surface area (Å²) in [6, 6.07) is 13.3. The van der Waals surface area contributed by atoms with Gasteiger partial charge >= 0.3 is 0 Å². The van der Waals surface area contributed by atoms with Gasteiger partial charge in [0.1, 0.15) is 11.3 Å². The van der Waals surface area contributed by atoms with E-state index in [-0.39, 0.29) is 5.75 Å². The van der Waals surface area contributed by atoms with Crippen molar-refractivity contribution in [2.75, 3.05) is 7.11 Å². The largest absolute Gasteiger partial charge is 0.504 e. The number of para-hydroxylation sites is 2. The highest BCUT2D eigenvalue weighted by atomic mass is 16.5. The Hall–Kier alpha value is -2.42. The number of fused-ring (bicyclic) bond motifs is 1. The number of hydrogen-bond acceptors (Lipinski definition) is 3. The molecule has 0 fully saturated rings. The van der Waals surface area contributed by atoms with Crippen molar-refractivity contribution in [1.29, 1.82) is 0 Å². The molecule has 1 N–H and O–H groups in total. The van der Waals surface area contributed by atoms with E-state index in [1.54, 1.807) is 6.07 Å². The highest BCUT2D eigenvalue weighted by Crippen LogP contribution is 2.39. The van der Waals surface area contributed by atoms with Crippen LogP contribution >= 0.6 is 0 Å². The number of aryl methyl sites for hydroxylation is 1. The highest BCUT2D eigenvalue weighted by Gasteiger charge is 2.14. The predicted molar refractivity (Wildman–Crippen MR) is 74.6 cm³/mol. The Morgan fingerprint density at radius 2 is 1.89 bits per heavy atom. The molecule has 0 spiro atoms. The van der Waals surface area contributed by atoms with Gasteiger partial charge in [-0.2, -0.15) is 0 Å². The van der Waals surface area contributed by atoms with Crippen LogP contribution in [-0.2, 0) is 0 Å². The molecule has 0 radical (unpaired) electrons. The molecule has 0 aliphatic rings. The van der Waals surface area contributed by atoms with Crippen LogP contribution in [0.3, 0.4) is 0 Å². The fourth-order valence-electron chi connectivity index (χ4n) is 2.23. The van der Waals surface area contributed by atoms with Crippen LogP contribution in [0.1, 0.15) is 5.56 Å². The summed E-state index contributed by atoms with van der Waals surface area (Å²) in [4.78, 5) is 0. The van der Waals surface area contributed by atoms with Crippen molar-refractivity contribution >= 4 is 11.0 Å². The lowest BCUT2D eigenvalue weighted by Gasteiger charge is -2.06. The number of benzene rings is 2. The first-order valence-corrected chi connectivity index (χ1v) is 6.06. The maximum atomic E-state index is 10.2. The Balaban J connectivity index is 2.22. The molecule has 1 heterocycles. The van der Waals surface area contributed by atoms with E-state index in [2.05, 4.69) is 0 Å². The molecule has 19 heavy (non-hydrogen) atoms. The Labute approximate surface area is 111 Å². The smallest absolute Gasteiger partial charge is 0.168 e. The number of hydrogen-bond donors (Lipinski definition) is 1. The summed E-state index contributed by atoms with van der Waals surface area (Å²) in [6.07, 6.45) is 0. The topological polar surface area (TPSA) is 42.6 Å². The highest BCUT2D eigenvalue weighted by molar-refractivity contribution is 5.86. The van der Waals surface area contributed by atoms with Crippen LogP contribution in [-0.4, -0.2) is 12.2 Å². The van der Waals surface area contributed by atoms with Crippen molar-refractivity contribution in [1.82, 2.24) is 0 Å². The first kappa shape index (κ1) is 11.7. The molecule has 1 aromatic heterocycles. The SMILES string of the molecule is COc1cccc(-c2cc3cccc(C)c3o2)c1O. The second kappa shape index (κ2) is 4.35. The van der Waals surface area contributed by atoms with E-state index < -0.39 is 0 Å². The molecule has 3 rings (SSSR count). The molecule has 0 saturated heterocycles. The third kappa shape index (κ3) is 1.83. The lowest BCUT2D eigenvalue weighted by atomic mass is 10.1. The third-order valence-electron chi connectivity index (χ3n) is 3.23. The van der Waals surface area contributed by atoms with Gasteiger partial charge in [-0.3, -0.25) is 0 Å². The van der Waals surface area contributed by atoms with Gasteiger partial charge in [-0.25, -0.2) is 0 Å². The molecule has 2 aromatic carbocycles. The van der Waals surface area contributed by atoms with Gasteiger partial charge in [0, 0.05) is 5.39 Å². The molecule has 0 aliphatic heterocycles. The first-order chi connectivity index (χ1) is 9.20. The molecule has 3 nitrogen and oxygen atoms in total. The number of furan rings is 1. The average molecular weight is 254 g/mol. The van der Waals surface area contributed by atoms with Crippen molar-refractivity contribution in [2.45, 2.75) is 6.92 Å². The lowest BCUT2D eigenvalue weighted by Crippen LogP contribution is -1.85. The van der Waals surface area contributed by atoms with Gasteiger partial charge in [-0.1, -0.05) is 24.3 Å². The van der Waals surface area contributed by atoms with Crippen LogP contribution in [0.15, 0.2) is 46.9 Å². The van der Waals surface area contributed by atoms with E-state index >= 15 is 0 Å². The van der Waals surface area contributed by atoms with Crippen LogP contribution < -0.4 is 4.74 Å². The number of ether oxygens (including phenoxy) is 1. The van der Waals surface area contributed by atoms with Crippen molar-refractivity contribution in [2.24, 2.45) is 0 Å². The van der Waals surface area contributed by atoms with Gasteiger partial charge in [-0.05, 0) is 30.7 Å². The first-order valence-electron chi connectivity index (χ1n) is 6.06. The van der Waals surface area contributed by atoms with Crippen molar-refractivity contribution in [3.63, 3.8) is 0 Å². The van der Waals surface area contributed by atoms with E-state index in [0.717, 1.165) is 16.5 Å². The summed E-state index contributed by atoms with van der Waals surface area (Å²) in [5.41, 5.74) is 2.56. The molecule has 0 unspecified atom stereocenters. The summed E-state index contributed by atoms with van der Waals surface area (Å²) >= 11 is 0. The van der Waals surface area contributed by atoms with Gasteiger partial charge in [0.25, 0.3) is 0 Å². The number of rotatable bonds is 2. The van der Waals surface area contributed by atoms with Gasteiger partial charge in [0.05, 0.1) is 12.7 Å². The summed E-state index contributed by atoms with van der Waals surface area (Å²) in [7, 11) is 1.53. The molecular weight excluding hydrogens is 240 g/mol. The lowest BCUT2D eigenvalue weighted by molar-refractivity contribution is 0.374. The summed E-state index contributed by atoms with van der Waals surface area (Å²) in [5.74, 6) is 1.18. The second-order valence-electron chi connectivity index (χ2n) is 4.46. The zero-order chi connectivity index (χ0) is 13.4. The van der Waals surface area contributed by atoms with Crippen molar-refractivity contribution < 1.29 is 14.3 Å². The molecule has 0 aliphatic carbocycles. The molecule has 3 heteroatoms. The summed E-state index contributed by atoms with van der Waals surface area (Å²) in [5, 5.41) is 11.2. The monoisotopic (exact) mass is 254 g/mol. The molecule has 0 saturated carbocycles. The average Bonchev–Trinajstić information content (AvgIpc) is 2.84. The molecule has 3 aromatic rings. The maximum absolute atomic E-state index is 10.2. The molecule has 0 amide bonds. The minimum Gasteiger partial charge on any atom is -0.504 e. The minimum absolute atomic E-state index is 0.0988. The molecular formula is C16H14O3. The number of phenolic OH excluding ortho intramolecular Hbond substituents is 1. The van der Waals surface area contributed by atoms with E-state index in [0.29, 0.717) is 17.1 Å². The Morgan fingerprint density at radius 1 is 1.11 bits per heavy atom. The standard InChI is InChI=1S/C16H14O3/c1-10-5-3-6-11-9-14(19-16(10)11)12-7-4-8-13(18-2)15(12)17/h3-9,17H,1-2H3. The molecule has 96 valence electrons. The van der Waals surface area contributed by atoms with Crippen LogP contribution in [0.5, 0.6) is 11.5 Å². The third-order valence-corrected chi connectivity index (χ3v) is 3.23. The second-order valence-corrected chi connectivity index (χ2v) is 4.46. The van der Waals surface area contributed by atoms with Crippen LogP contribution in [0.2, 0.25) is 0 Å². The van der Waals surface area contributed by atoms with Gasteiger partial charge < -0.3 is 14.3 Å². The van der Waals surface area contributed by atoms with Crippen molar-refractivity contribution in [3.8, 4) is 22.8 Å². The quantitative estimate of drug-likeness (QED) is 0.748. The number of phenols is 1. The van der Waals surface area contributed by atoms with Gasteiger partial charge in [0.15, 0.2) is 11.5 Å². The van der Waals surface area contributed by atoms with Crippen LogP contribution in [0.25, 0.3) is 22.3 Å². The number of methoxy groups -OCH3 is 1. The maximum Gasteiger partial charge on any atom is 0.168 e. The molecule has 0 bridgehead atoms. The fourth-order valence-corrected chi connectivity index (χ4v) is 2.23. The zero-order valence-corrected chi connectivity index (χ0v) is 10.8. The van der Waals surface area contributed by atoms with E-state index in [1.165, 1.54) is 7.11 Å². The summed E-state index contributed by atoms with van der Waals surface area (Å²) < 4.78 is 11.0. The Bertz CT molecular complexity index is 741. The fraction of sp³-hybridized carbons (Fsp3) is 0.125. The summed E-state index contributed by atoms with van der Waals surface area (Å²) in [6.45, 7) is 2.00. The van der Waals surface area contributed by atoms with Gasteiger partial charge in [-0.15, -0.1) is 0 Å². The van der Waals surface area contributed by atoms with E-state index in [1.807, 2.05) is 43.3 Å². The van der Waals surface area contributed by atoms with Crippen LogP contribution in [0, 0.1) is 6.92 Å². The Morgan fingerprint density at radius 3 is 2.63 bits per heavy atom. The minimum atomic E-state index is 0.0988. The molecule has 0 atom stereocenters. The van der Waals surface area contributed by atoms with Gasteiger partial charge in [0.2, 0.25) is 0 Å². The zero-order valence-electron chi connectivity index (χ0n) is 10.8. The van der Waals surface area contributed by atoms with Crippen molar-refractivity contribution in [3.05, 3.63) is 48.0 Å². The normalized spacial score (nSPS) is 10.8. The predicted octanol–water partition coefficient (Wildman–Crippen LogP) is 4.12. The van der Waals surface area contributed by atoms with Crippen LogP contribution in [0.4, 0.5) is 0 Å². The van der Waals surface area contributed by atoms with E-state index in [4.69, 9.17) is 9.15 Å². The number of aromatic hydroxyl groups is 1. The Kier molecular flexibility index (Phi) is 2.67. The van der Waals surface area contributed by atoms with E-state index in [9.17, 15) is 5.11 Å².